The van der Waals surface area contributed by atoms with Gasteiger partial charge in [0.2, 0.25) is 0 Å². The Morgan fingerprint density at radius 2 is 1.92 bits per heavy atom. The summed E-state index contributed by atoms with van der Waals surface area (Å²) in [6.07, 6.45) is -1.31. The lowest BCUT2D eigenvalue weighted by atomic mass is 10.0. The van der Waals surface area contributed by atoms with Crippen LogP contribution in [0.2, 0.25) is 0 Å². The van der Waals surface area contributed by atoms with E-state index in [0.717, 1.165) is 0 Å². The number of hydrogen-bond acceptors (Lipinski definition) is 7. The standard InChI is InChI=1S/C16H18N2O6/c1-9-8-12(18-24-9)15(20)17-13(16(21)23-3)14(19)10-4-6-11(22-2)7-5-10/h4-8,13-14,19H,1-3H3,(H,17,20). The quantitative estimate of drug-likeness (QED) is 0.758. The van der Waals surface area contributed by atoms with E-state index in [9.17, 15) is 14.7 Å². The summed E-state index contributed by atoms with van der Waals surface area (Å²) in [4.78, 5) is 24.1. The molecule has 0 spiro atoms. The van der Waals surface area contributed by atoms with Crippen molar-refractivity contribution in [3.05, 3.63) is 47.3 Å². The Labute approximate surface area is 138 Å². The Bertz CT molecular complexity index is 710. The number of rotatable bonds is 6. The number of aromatic nitrogens is 1. The summed E-state index contributed by atoms with van der Waals surface area (Å²) < 4.78 is 14.5. The van der Waals surface area contributed by atoms with Crippen molar-refractivity contribution >= 4 is 11.9 Å². The summed E-state index contributed by atoms with van der Waals surface area (Å²) >= 11 is 0. The van der Waals surface area contributed by atoms with E-state index in [1.54, 1.807) is 31.2 Å². The average Bonchev–Trinajstić information content (AvgIpc) is 3.05. The molecule has 24 heavy (non-hydrogen) atoms. The summed E-state index contributed by atoms with van der Waals surface area (Å²) in [6.45, 7) is 1.63. The number of benzene rings is 1. The Morgan fingerprint density at radius 3 is 2.42 bits per heavy atom. The number of methoxy groups -OCH3 is 2. The number of hydrogen-bond donors (Lipinski definition) is 2. The molecular weight excluding hydrogens is 316 g/mol. The lowest BCUT2D eigenvalue weighted by Crippen LogP contribution is -2.45. The van der Waals surface area contributed by atoms with Gasteiger partial charge < -0.3 is 24.4 Å². The summed E-state index contributed by atoms with van der Waals surface area (Å²) in [7, 11) is 2.69. The molecule has 1 aromatic carbocycles. The molecule has 8 nitrogen and oxygen atoms in total. The molecule has 0 saturated heterocycles. The molecule has 1 heterocycles. The highest BCUT2D eigenvalue weighted by Gasteiger charge is 2.31. The third-order valence-corrected chi connectivity index (χ3v) is 3.38. The number of aryl methyl sites for hydroxylation is 1. The second kappa shape index (κ2) is 7.60. The van der Waals surface area contributed by atoms with E-state index in [1.807, 2.05) is 0 Å². The highest BCUT2D eigenvalue weighted by Crippen LogP contribution is 2.21. The van der Waals surface area contributed by atoms with Crippen LogP contribution in [-0.4, -0.2) is 42.4 Å². The van der Waals surface area contributed by atoms with Gasteiger partial charge in [-0.1, -0.05) is 17.3 Å². The maximum atomic E-state index is 12.2. The molecule has 2 rings (SSSR count). The van der Waals surface area contributed by atoms with Gasteiger partial charge in [-0.15, -0.1) is 0 Å². The van der Waals surface area contributed by atoms with Gasteiger partial charge in [-0.3, -0.25) is 4.79 Å². The van der Waals surface area contributed by atoms with E-state index >= 15 is 0 Å². The number of carbonyl (C=O) groups excluding carboxylic acids is 2. The molecule has 0 radical (unpaired) electrons. The fourth-order valence-electron chi connectivity index (χ4n) is 2.08. The first kappa shape index (κ1) is 17.5. The predicted octanol–water partition coefficient (Wildman–Crippen LogP) is 0.997. The minimum absolute atomic E-state index is 0.00309. The zero-order valence-electron chi connectivity index (χ0n) is 13.5. The molecule has 0 aliphatic rings. The monoisotopic (exact) mass is 334 g/mol. The molecule has 0 saturated carbocycles. The number of esters is 1. The van der Waals surface area contributed by atoms with Gasteiger partial charge in [0.05, 0.1) is 14.2 Å². The first-order valence-corrected chi connectivity index (χ1v) is 7.10. The molecule has 0 fully saturated rings. The molecule has 2 unspecified atom stereocenters. The van der Waals surface area contributed by atoms with Crippen LogP contribution in [0.3, 0.4) is 0 Å². The molecule has 1 amide bonds. The first-order valence-electron chi connectivity index (χ1n) is 7.10. The minimum atomic E-state index is -1.31. The SMILES string of the molecule is COC(=O)C(NC(=O)c1cc(C)on1)C(O)c1ccc(OC)cc1. The summed E-state index contributed by atoms with van der Waals surface area (Å²) in [6, 6.07) is 6.57. The molecule has 0 aliphatic carbocycles. The number of ether oxygens (including phenoxy) is 2. The van der Waals surface area contributed by atoms with Gasteiger partial charge in [-0.05, 0) is 24.6 Å². The van der Waals surface area contributed by atoms with E-state index in [2.05, 4.69) is 15.2 Å². The molecule has 2 N–H and O–H groups in total. The number of carbonyl (C=O) groups is 2. The van der Waals surface area contributed by atoms with E-state index in [4.69, 9.17) is 9.26 Å². The van der Waals surface area contributed by atoms with Crippen molar-refractivity contribution in [3.8, 4) is 5.75 Å². The average molecular weight is 334 g/mol. The molecule has 1 aromatic heterocycles. The van der Waals surface area contributed by atoms with Crippen molar-refractivity contribution in [3.63, 3.8) is 0 Å². The van der Waals surface area contributed by atoms with Crippen molar-refractivity contribution in [1.29, 1.82) is 0 Å². The van der Waals surface area contributed by atoms with Gasteiger partial charge in [0.25, 0.3) is 5.91 Å². The van der Waals surface area contributed by atoms with Crippen molar-refractivity contribution in [2.45, 2.75) is 19.1 Å². The minimum Gasteiger partial charge on any atom is -0.497 e. The molecule has 8 heteroatoms. The zero-order valence-corrected chi connectivity index (χ0v) is 13.5. The van der Waals surface area contributed by atoms with Crippen molar-refractivity contribution < 1.29 is 28.7 Å². The number of nitrogens with one attached hydrogen (secondary N) is 1. The third kappa shape index (κ3) is 3.90. The van der Waals surface area contributed by atoms with Crippen LogP contribution in [0, 0.1) is 6.92 Å². The van der Waals surface area contributed by atoms with Crippen LogP contribution in [0.15, 0.2) is 34.9 Å². The Kier molecular flexibility index (Phi) is 5.54. The van der Waals surface area contributed by atoms with Crippen LogP contribution in [0.4, 0.5) is 0 Å². The molecule has 0 bridgehead atoms. The van der Waals surface area contributed by atoms with Crippen LogP contribution in [0.25, 0.3) is 0 Å². The molecule has 2 aromatic rings. The highest BCUT2D eigenvalue weighted by molar-refractivity contribution is 5.95. The molecule has 128 valence electrons. The highest BCUT2D eigenvalue weighted by atomic mass is 16.5. The maximum absolute atomic E-state index is 12.2. The largest absolute Gasteiger partial charge is 0.497 e. The van der Waals surface area contributed by atoms with Crippen LogP contribution < -0.4 is 10.1 Å². The smallest absolute Gasteiger partial charge is 0.331 e. The fourth-order valence-corrected chi connectivity index (χ4v) is 2.08. The van der Waals surface area contributed by atoms with Crippen LogP contribution in [0.1, 0.15) is 27.9 Å². The van der Waals surface area contributed by atoms with Crippen LogP contribution >= 0.6 is 0 Å². The van der Waals surface area contributed by atoms with Gasteiger partial charge in [0.15, 0.2) is 11.7 Å². The predicted molar refractivity (Wildman–Crippen MR) is 82.5 cm³/mol. The number of aliphatic hydroxyl groups excluding tert-OH is 1. The van der Waals surface area contributed by atoms with E-state index in [-0.39, 0.29) is 5.69 Å². The van der Waals surface area contributed by atoms with E-state index in [1.165, 1.54) is 20.3 Å². The fraction of sp³-hybridized carbons (Fsp3) is 0.312. The van der Waals surface area contributed by atoms with E-state index < -0.39 is 24.0 Å². The Hall–Kier alpha value is -2.87. The van der Waals surface area contributed by atoms with Gasteiger partial charge in [0.1, 0.15) is 17.6 Å². The molecular formula is C16H18N2O6. The molecule has 2 atom stereocenters. The summed E-state index contributed by atoms with van der Waals surface area (Å²) in [5.41, 5.74) is 0.422. The maximum Gasteiger partial charge on any atom is 0.331 e. The normalized spacial score (nSPS) is 13.0. The summed E-state index contributed by atoms with van der Waals surface area (Å²) in [5, 5.41) is 16.4. The lowest BCUT2D eigenvalue weighted by Gasteiger charge is -2.22. The van der Waals surface area contributed by atoms with Crippen molar-refractivity contribution in [1.82, 2.24) is 10.5 Å². The third-order valence-electron chi connectivity index (χ3n) is 3.38. The summed E-state index contributed by atoms with van der Waals surface area (Å²) in [5.74, 6) is -0.394. The van der Waals surface area contributed by atoms with Crippen LogP contribution in [0.5, 0.6) is 5.75 Å². The number of nitrogens with zero attached hydrogens (tertiary/aromatic N) is 1. The zero-order chi connectivity index (χ0) is 17.7. The van der Waals surface area contributed by atoms with Gasteiger partial charge in [-0.2, -0.15) is 0 Å². The topological polar surface area (TPSA) is 111 Å². The van der Waals surface area contributed by atoms with Gasteiger partial charge in [-0.25, -0.2) is 4.79 Å². The Morgan fingerprint density at radius 1 is 1.25 bits per heavy atom. The van der Waals surface area contributed by atoms with Gasteiger partial charge >= 0.3 is 5.97 Å². The number of aliphatic hydroxyl groups is 1. The second-order valence-electron chi connectivity index (χ2n) is 5.02. The van der Waals surface area contributed by atoms with Gasteiger partial charge in [0, 0.05) is 6.07 Å². The molecule has 0 aliphatic heterocycles. The van der Waals surface area contributed by atoms with E-state index in [0.29, 0.717) is 17.1 Å². The lowest BCUT2D eigenvalue weighted by molar-refractivity contribution is -0.146. The first-order chi connectivity index (χ1) is 11.5. The van der Waals surface area contributed by atoms with Crippen molar-refractivity contribution in [2.24, 2.45) is 0 Å². The number of amides is 1. The van der Waals surface area contributed by atoms with Crippen molar-refractivity contribution in [2.75, 3.05) is 14.2 Å². The Balaban J connectivity index is 2.20. The van der Waals surface area contributed by atoms with Crippen LogP contribution in [-0.2, 0) is 9.53 Å². The second-order valence-corrected chi connectivity index (χ2v) is 5.02.